The number of hydrogen-bond donors (Lipinski definition) is 3. The topological polar surface area (TPSA) is 96.9 Å². The lowest BCUT2D eigenvalue weighted by molar-refractivity contribution is -0.136. The fraction of sp³-hybridized carbons (Fsp3) is 0.250. The molecule has 0 bridgehead atoms. The van der Waals surface area contributed by atoms with Crippen molar-refractivity contribution in [3.63, 3.8) is 0 Å². The minimum absolute atomic E-state index is 0.0430. The summed E-state index contributed by atoms with van der Waals surface area (Å²) in [6.45, 7) is -0.0430. The van der Waals surface area contributed by atoms with Crippen LogP contribution in [0.1, 0.15) is 11.0 Å². The van der Waals surface area contributed by atoms with Gasteiger partial charge in [0, 0.05) is 23.2 Å². The number of thiophene rings is 1. The predicted molar refractivity (Wildman–Crippen MR) is 90.5 cm³/mol. The van der Waals surface area contributed by atoms with Gasteiger partial charge in [0.2, 0.25) is 0 Å². The Kier molecular flexibility index (Phi) is 6.16. The molecule has 2 amide bonds. The molecule has 0 saturated carbocycles. The van der Waals surface area contributed by atoms with Crippen LogP contribution in [0.25, 0.3) is 0 Å². The molecule has 1 aromatic heterocycles. The number of ether oxygens (including phenoxy) is 2. The number of aliphatic hydroxyl groups is 1. The van der Waals surface area contributed by atoms with Crippen molar-refractivity contribution in [1.82, 2.24) is 5.32 Å². The van der Waals surface area contributed by atoms with Gasteiger partial charge < -0.3 is 25.2 Å². The molecule has 0 saturated heterocycles. The lowest BCUT2D eigenvalue weighted by Crippen LogP contribution is -2.37. The number of aliphatic hydroxyl groups excluding tert-OH is 1. The Bertz CT molecular complexity index is 702. The van der Waals surface area contributed by atoms with Crippen molar-refractivity contribution in [3.8, 4) is 11.5 Å². The molecule has 1 aromatic carbocycles. The van der Waals surface area contributed by atoms with Crippen molar-refractivity contribution < 1.29 is 24.2 Å². The number of carbonyl (C=O) groups is 2. The summed E-state index contributed by atoms with van der Waals surface area (Å²) in [5, 5.41) is 16.6. The van der Waals surface area contributed by atoms with Crippen LogP contribution in [0.3, 0.4) is 0 Å². The molecule has 7 nitrogen and oxygen atoms in total. The molecule has 0 aliphatic rings. The Hall–Kier alpha value is -2.58. The van der Waals surface area contributed by atoms with Crippen molar-refractivity contribution in [2.24, 2.45) is 0 Å². The van der Waals surface area contributed by atoms with E-state index in [0.717, 1.165) is 4.88 Å². The Morgan fingerprint density at radius 3 is 2.54 bits per heavy atom. The maximum absolute atomic E-state index is 11.9. The Labute approximate surface area is 143 Å². The molecule has 0 fully saturated rings. The second-order valence-electron chi connectivity index (χ2n) is 4.77. The fourth-order valence-corrected chi connectivity index (χ4v) is 2.66. The second-order valence-corrected chi connectivity index (χ2v) is 5.74. The first-order valence-corrected chi connectivity index (χ1v) is 7.95. The Morgan fingerprint density at radius 1 is 1.17 bits per heavy atom. The van der Waals surface area contributed by atoms with Gasteiger partial charge in [-0.25, -0.2) is 0 Å². The van der Waals surface area contributed by atoms with Gasteiger partial charge in [0.15, 0.2) is 11.5 Å². The van der Waals surface area contributed by atoms with Crippen LogP contribution < -0.4 is 20.1 Å². The van der Waals surface area contributed by atoms with Crippen LogP contribution in [-0.2, 0) is 9.59 Å². The van der Waals surface area contributed by atoms with Crippen molar-refractivity contribution in [2.75, 3.05) is 26.1 Å². The second kappa shape index (κ2) is 8.32. The predicted octanol–water partition coefficient (Wildman–Crippen LogP) is 1.55. The summed E-state index contributed by atoms with van der Waals surface area (Å²) >= 11 is 1.37. The van der Waals surface area contributed by atoms with Gasteiger partial charge in [0.1, 0.15) is 6.10 Å². The molecule has 0 aliphatic carbocycles. The number of carbonyl (C=O) groups excluding carboxylic acids is 2. The lowest BCUT2D eigenvalue weighted by Gasteiger charge is -2.12. The number of anilines is 1. The van der Waals surface area contributed by atoms with E-state index in [2.05, 4.69) is 10.6 Å². The highest BCUT2D eigenvalue weighted by molar-refractivity contribution is 7.10. The smallest absolute Gasteiger partial charge is 0.313 e. The number of nitrogens with one attached hydrogen (secondary N) is 2. The molecule has 2 rings (SSSR count). The quantitative estimate of drug-likeness (QED) is 0.687. The van der Waals surface area contributed by atoms with E-state index in [1.165, 1.54) is 25.6 Å². The van der Waals surface area contributed by atoms with Crippen LogP contribution >= 0.6 is 11.3 Å². The van der Waals surface area contributed by atoms with Crippen LogP contribution in [0.4, 0.5) is 5.69 Å². The highest BCUT2D eigenvalue weighted by Gasteiger charge is 2.17. The summed E-state index contributed by atoms with van der Waals surface area (Å²) < 4.78 is 10.2. The molecule has 1 unspecified atom stereocenters. The summed E-state index contributed by atoms with van der Waals surface area (Å²) in [4.78, 5) is 24.4. The van der Waals surface area contributed by atoms with Crippen molar-refractivity contribution in [3.05, 3.63) is 40.6 Å². The third-order valence-corrected chi connectivity index (χ3v) is 4.15. The molecule has 0 aliphatic heterocycles. The van der Waals surface area contributed by atoms with E-state index in [9.17, 15) is 14.7 Å². The summed E-state index contributed by atoms with van der Waals surface area (Å²) in [5.74, 6) is -0.719. The van der Waals surface area contributed by atoms with E-state index in [1.54, 1.807) is 30.3 Å². The first kappa shape index (κ1) is 17.8. The fourth-order valence-electron chi connectivity index (χ4n) is 1.95. The molecular formula is C16H18N2O5S. The first-order valence-electron chi connectivity index (χ1n) is 7.07. The van der Waals surface area contributed by atoms with Crippen LogP contribution in [0.15, 0.2) is 35.7 Å². The largest absolute Gasteiger partial charge is 0.493 e. The molecule has 3 N–H and O–H groups in total. The van der Waals surface area contributed by atoms with Crippen LogP contribution in [-0.4, -0.2) is 37.7 Å². The van der Waals surface area contributed by atoms with Gasteiger partial charge in [-0.05, 0) is 23.6 Å². The monoisotopic (exact) mass is 350 g/mol. The number of rotatable bonds is 6. The molecule has 2 aromatic rings. The maximum Gasteiger partial charge on any atom is 0.313 e. The summed E-state index contributed by atoms with van der Waals surface area (Å²) in [6, 6.07) is 8.31. The van der Waals surface area contributed by atoms with Gasteiger partial charge in [-0.1, -0.05) is 6.07 Å². The zero-order chi connectivity index (χ0) is 17.5. The van der Waals surface area contributed by atoms with Crippen LogP contribution in [0.5, 0.6) is 11.5 Å². The third kappa shape index (κ3) is 4.46. The number of hydrogen-bond acceptors (Lipinski definition) is 6. The van der Waals surface area contributed by atoms with Crippen LogP contribution in [0.2, 0.25) is 0 Å². The van der Waals surface area contributed by atoms with Crippen LogP contribution in [0, 0.1) is 0 Å². The van der Waals surface area contributed by atoms with Crippen molar-refractivity contribution >= 4 is 28.8 Å². The molecule has 8 heteroatoms. The highest BCUT2D eigenvalue weighted by atomic mass is 32.1. The van der Waals surface area contributed by atoms with E-state index in [1.807, 2.05) is 5.38 Å². The van der Waals surface area contributed by atoms with Crippen molar-refractivity contribution in [2.45, 2.75) is 6.10 Å². The van der Waals surface area contributed by atoms with Gasteiger partial charge in [-0.3, -0.25) is 9.59 Å². The molecule has 0 radical (unpaired) electrons. The highest BCUT2D eigenvalue weighted by Crippen LogP contribution is 2.29. The molecule has 1 heterocycles. The first-order chi connectivity index (χ1) is 11.5. The lowest BCUT2D eigenvalue weighted by atomic mass is 10.2. The summed E-state index contributed by atoms with van der Waals surface area (Å²) in [7, 11) is 2.98. The minimum atomic E-state index is -0.845. The van der Waals surface area contributed by atoms with Gasteiger partial charge in [-0.15, -0.1) is 11.3 Å². The zero-order valence-electron chi connectivity index (χ0n) is 13.2. The van der Waals surface area contributed by atoms with Gasteiger partial charge >= 0.3 is 11.8 Å². The van der Waals surface area contributed by atoms with Crippen molar-refractivity contribution in [1.29, 1.82) is 0 Å². The van der Waals surface area contributed by atoms with Gasteiger partial charge in [-0.2, -0.15) is 0 Å². The van der Waals surface area contributed by atoms with Gasteiger partial charge in [0.05, 0.1) is 14.2 Å². The average molecular weight is 350 g/mol. The molecule has 1 atom stereocenters. The molecule has 0 spiro atoms. The molecule has 128 valence electrons. The SMILES string of the molecule is COc1ccc(NC(=O)C(=O)NCC(O)c2cccs2)cc1OC. The standard InChI is InChI=1S/C16H18N2O5S/c1-22-12-6-5-10(8-13(12)23-2)18-16(21)15(20)17-9-11(19)14-4-3-7-24-14/h3-8,11,19H,9H2,1-2H3,(H,17,20)(H,18,21). The maximum atomic E-state index is 11.9. The van der Waals surface area contributed by atoms with E-state index >= 15 is 0 Å². The number of benzene rings is 1. The summed E-state index contributed by atoms with van der Waals surface area (Å²) in [5.41, 5.74) is 0.395. The number of methoxy groups -OCH3 is 2. The molecule has 24 heavy (non-hydrogen) atoms. The normalized spacial score (nSPS) is 11.5. The van der Waals surface area contributed by atoms with E-state index in [0.29, 0.717) is 17.2 Å². The van der Waals surface area contributed by atoms with E-state index < -0.39 is 17.9 Å². The minimum Gasteiger partial charge on any atom is -0.493 e. The van der Waals surface area contributed by atoms with E-state index in [4.69, 9.17) is 9.47 Å². The zero-order valence-corrected chi connectivity index (χ0v) is 14.1. The summed E-state index contributed by atoms with van der Waals surface area (Å²) in [6.07, 6.45) is -0.845. The Balaban J connectivity index is 1.90. The third-order valence-electron chi connectivity index (χ3n) is 3.18. The average Bonchev–Trinajstić information content (AvgIpc) is 3.13. The molecular weight excluding hydrogens is 332 g/mol. The van der Waals surface area contributed by atoms with Gasteiger partial charge in [0.25, 0.3) is 0 Å². The number of amides is 2. The van der Waals surface area contributed by atoms with E-state index in [-0.39, 0.29) is 6.54 Å². The Morgan fingerprint density at radius 2 is 1.92 bits per heavy atom.